The Morgan fingerprint density at radius 1 is 1.41 bits per heavy atom. The van der Waals surface area contributed by atoms with E-state index in [4.69, 9.17) is 16.0 Å². The van der Waals surface area contributed by atoms with Crippen LogP contribution in [0.5, 0.6) is 0 Å². The fraction of sp³-hybridized carbons (Fsp3) is 0.300. The Hall–Kier alpha value is -1.43. The van der Waals surface area contributed by atoms with E-state index in [1.165, 1.54) is 23.7 Å². The predicted octanol–water partition coefficient (Wildman–Crippen LogP) is 2.97. The van der Waals surface area contributed by atoms with Gasteiger partial charge in [0.05, 0.1) is 5.52 Å². The monoisotopic (exact) mass is 265 g/mol. The molecular weight excluding hydrogens is 259 g/mol. The number of hydrogen-bond donors (Lipinski definition) is 0. The summed E-state index contributed by atoms with van der Waals surface area (Å²) in [4.78, 5) is 11.2. The summed E-state index contributed by atoms with van der Waals surface area (Å²) in [6, 6.07) is 3.72. The predicted molar refractivity (Wildman–Crippen MR) is 56.1 cm³/mol. The minimum atomic E-state index is -4.54. The van der Waals surface area contributed by atoms with Crippen LogP contribution in [-0.2, 0) is 7.05 Å². The summed E-state index contributed by atoms with van der Waals surface area (Å²) in [5.41, 5.74) is 0.357. The average Bonchev–Trinajstić information content (AvgIpc) is 2.52. The van der Waals surface area contributed by atoms with Crippen molar-refractivity contribution in [3.63, 3.8) is 0 Å². The number of aromatic nitrogens is 1. The summed E-state index contributed by atoms with van der Waals surface area (Å²) in [5, 5.41) is -2.11. The second-order valence-electron chi connectivity index (χ2n) is 3.56. The lowest BCUT2D eigenvalue weighted by atomic mass is 10.1. The van der Waals surface area contributed by atoms with E-state index in [2.05, 4.69) is 0 Å². The standard InChI is InChI=1S/C10H7ClF3NO2/c1-15-6-3-2-5(8(11)10(12,13)14)4-7(6)17-9(15)16/h2-4,8H,1H3. The van der Waals surface area contributed by atoms with Crippen molar-refractivity contribution in [1.82, 2.24) is 4.57 Å². The van der Waals surface area contributed by atoms with Gasteiger partial charge in [-0.25, -0.2) is 4.79 Å². The third kappa shape index (κ3) is 2.04. The number of hydrogen-bond acceptors (Lipinski definition) is 2. The van der Waals surface area contributed by atoms with Gasteiger partial charge in [0.2, 0.25) is 0 Å². The molecule has 0 fully saturated rings. The first kappa shape index (κ1) is 12.0. The molecule has 0 N–H and O–H groups in total. The summed E-state index contributed by atoms with van der Waals surface area (Å²) in [7, 11) is 1.47. The number of alkyl halides is 4. The van der Waals surface area contributed by atoms with Gasteiger partial charge in [-0.05, 0) is 17.7 Å². The van der Waals surface area contributed by atoms with Crippen molar-refractivity contribution in [2.75, 3.05) is 0 Å². The van der Waals surface area contributed by atoms with Crippen molar-refractivity contribution in [1.29, 1.82) is 0 Å². The molecule has 92 valence electrons. The van der Waals surface area contributed by atoms with Gasteiger partial charge in [0.15, 0.2) is 11.0 Å². The highest BCUT2D eigenvalue weighted by Crippen LogP contribution is 2.38. The Morgan fingerprint density at radius 2 is 2.06 bits per heavy atom. The lowest BCUT2D eigenvalue weighted by Gasteiger charge is -2.13. The minimum Gasteiger partial charge on any atom is -0.408 e. The molecule has 0 bridgehead atoms. The summed E-state index contributed by atoms with van der Waals surface area (Å²) >= 11 is 5.28. The SMILES string of the molecule is Cn1c(=O)oc2cc(C(Cl)C(F)(F)F)ccc21. The van der Waals surface area contributed by atoms with E-state index in [0.717, 1.165) is 6.07 Å². The van der Waals surface area contributed by atoms with Crippen LogP contribution in [0.3, 0.4) is 0 Å². The van der Waals surface area contributed by atoms with Crippen LogP contribution in [-0.4, -0.2) is 10.7 Å². The van der Waals surface area contributed by atoms with Crippen molar-refractivity contribution in [3.05, 3.63) is 34.3 Å². The van der Waals surface area contributed by atoms with Crippen LogP contribution in [0.15, 0.2) is 27.4 Å². The number of benzene rings is 1. The van der Waals surface area contributed by atoms with Crippen molar-refractivity contribution in [2.45, 2.75) is 11.6 Å². The van der Waals surface area contributed by atoms with Crippen LogP contribution >= 0.6 is 11.6 Å². The van der Waals surface area contributed by atoms with E-state index >= 15 is 0 Å². The molecule has 17 heavy (non-hydrogen) atoms. The van der Waals surface area contributed by atoms with Crippen LogP contribution in [0.2, 0.25) is 0 Å². The summed E-state index contributed by atoms with van der Waals surface area (Å²) in [6.45, 7) is 0. The zero-order valence-corrected chi connectivity index (χ0v) is 9.34. The molecule has 1 unspecified atom stereocenters. The van der Waals surface area contributed by atoms with Crippen LogP contribution in [0, 0.1) is 0 Å². The van der Waals surface area contributed by atoms with Crippen LogP contribution in [0.4, 0.5) is 13.2 Å². The first-order valence-corrected chi connectivity index (χ1v) is 5.04. The van der Waals surface area contributed by atoms with Crippen molar-refractivity contribution < 1.29 is 17.6 Å². The van der Waals surface area contributed by atoms with Gasteiger partial charge in [-0.3, -0.25) is 4.57 Å². The Bertz CT molecular complexity index is 614. The zero-order chi connectivity index (χ0) is 12.8. The fourth-order valence-electron chi connectivity index (χ4n) is 1.50. The largest absolute Gasteiger partial charge is 0.419 e. The molecule has 7 heteroatoms. The molecule has 1 aromatic heterocycles. The Kier molecular flexibility index (Phi) is 2.69. The molecule has 0 amide bonds. The fourth-order valence-corrected chi connectivity index (χ4v) is 1.63. The van der Waals surface area contributed by atoms with Crippen LogP contribution < -0.4 is 5.76 Å². The Labute approximate surface area is 98.4 Å². The van der Waals surface area contributed by atoms with Gasteiger partial charge in [0.1, 0.15) is 0 Å². The molecule has 1 atom stereocenters. The molecule has 0 saturated carbocycles. The molecule has 1 aromatic carbocycles. The minimum absolute atomic E-state index is 0.0879. The van der Waals surface area contributed by atoms with E-state index in [0.29, 0.717) is 5.52 Å². The first-order valence-electron chi connectivity index (χ1n) is 4.61. The summed E-state index contributed by atoms with van der Waals surface area (Å²) in [6.07, 6.45) is -4.54. The van der Waals surface area contributed by atoms with Gasteiger partial charge in [-0.2, -0.15) is 13.2 Å². The van der Waals surface area contributed by atoms with Gasteiger partial charge in [0, 0.05) is 7.05 Å². The Balaban J connectivity index is 2.56. The molecular formula is C10H7ClF3NO2. The quantitative estimate of drug-likeness (QED) is 0.743. The number of halogens is 4. The number of fused-ring (bicyclic) bond motifs is 1. The van der Waals surface area contributed by atoms with E-state index in [1.54, 1.807) is 0 Å². The Morgan fingerprint density at radius 3 is 2.65 bits per heavy atom. The maximum Gasteiger partial charge on any atom is 0.419 e. The van der Waals surface area contributed by atoms with E-state index in [-0.39, 0.29) is 11.1 Å². The molecule has 0 spiro atoms. The lowest BCUT2D eigenvalue weighted by molar-refractivity contribution is -0.131. The third-order valence-electron chi connectivity index (χ3n) is 2.40. The van der Waals surface area contributed by atoms with Gasteiger partial charge in [-0.15, -0.1) is 11.6 Å². The van der Waals surface area contributed by atoms with Gasteiger partial charge >= 0.3 is 11.9 Å². The highest BCUT2D eigenvalue weighted by atomic mass is 35.5. The highest BCUT2D eigenvalue weighted by Gasteiger charge is 2.39. The number of oxazole rings is 1. The maximum atomic E-state index is 12.4. The molecule has 1 heterocycles. The first-order chi connectivity index (χ1) is 7.80. The van der Waals surface area contributed by atoms with Gasteiger partial charge in [-0.1, -0.05) is 6.07 Å². The van der Waals surface area contributed by atoms with E-state index < -0.39 is 17.3 Å². The van der Waals surface area contributed by atoms with E-state index in [1.807, 2.05) is 0 Å². The maximum absolute atomic E-state index is 12.4. The van der Waals surface area contributed by atoms with Crippen molar-refractivity contribution in [3.8, 4) is 0 Å². The van der Waals surface area contributed by atoms with Crippen molar-refractivity contribution >= 4 is 22.7 Å². The molecule has 3 nitrogen and oxygen atoms in total. The average molecular weight is 266 g/mol. The van der Waals surface area contributed by atoms with E-state index in [9.17, 15) is 18.0 Å². The topological polar surface area (TPSA) is 35.1 Å². The van der Waals surface area contributed by atoms with Crippen molar-refractivity contribution in [2.24, 2.45) is 7.05 Å². The molecule has 0 aliphatic heterocycles. The summed E-state index contributed by atoms with van der Waals surface area (Å²) in [5.74, 6) is -0.629. The lowest BCUT2D eigenvalue weighted by Crippen LogP contribution is -2.15. The second-order valence-corrected chi connectivity index (χ2v) is 3.99. The molecule has 0 saturated heterocycles. The smallest absolute Gasteiger partial charge is 0.408 e. The van der Waals surface area contributed by atoms with Crippen LogP contribution in [0.1, 0.15) is 10.9 Å². The molecule has 0 aliphatic carbocycles. The molecule has 2 rings (SSSR count). The van der Waals surface area contributed by atoms with Gasteiger partial charge < -0.3 is 4.42 Å². The third-order valence-corrected chi connectivity index (χ3v) is 2.90. The molecule has 0 radical (unpaired) electrons. The summed E-state index contributed by atoms with van der Waals surface area (Å²) < 4.78 is 43.2. The normalized spacial score (nSPS) is 14.2. The number of aryl methyl sites for hydroxylation is 1. The zero-order valence-electron chi connectivity index (χ0n) is 8.58. The number of rotatable bonds is 1. The highest BCUT2D eigenvalue weighted by molar-refractivity contribution is 6.21. The second kappa shape index (κ2) is 3.80. The van der Waals surface area contributed by atoms with Crippen LogP contribution in [0.25, 0.3) is 11.1 Å². The molecule has 2 aromatic rings. The number of nitrogens with zero attached hydrogens (tertiary/aromatic N) is 1. The molecule has 0 aliphatic rings. The van der Waals surface area contributed by atoms with Gasteiger partial charge in [0.25, 0.3) is 0 Å².